The molecule has 1 atom stereocenters. The Balaban J connectivity index is 1.29. The summed E-state index contributed by atoms with van der Waals surface area (Å²) in [5, 5.41) is 6.57. The molecule has 1 saturated carbocycles. The molecule has 6 rings (SSSR count). The van der Waals surface area contributed by atoms with E-state index in [2.05, 4.69) is 32.2 Å². The molecular weight excluding hydrogens is 528 g/mol. The fourth-order valence-electron chi connectivity index (χ4n) is 4.87. The van der Waals surface area contributed by atoms with Gasteiger partial charge in [0, 0.05) is 18.0 Å². The summed E-state index contributed by atoms with van der Waals surface area (Å²) in [5.41, 5.74) is 2.17. The number of amides is 4. The Morgan fingerprint density at radius 1 is 1.15 bits per heavy atom. The standard InChI is InChI=1S/C29H24N6O4S/c1-2-22(36)32-19-10-6-7-11-20(19)33-27(37)26-25-24-21(14-15-30-28(24)40-26)35(29(38)34-25)17-12-13-23(31-16-17)39-18-8-4-3-5-9-18/h2-5,8-9,12-16,20H,1,6-7,10-11H2,(H,33,37)(H,34,38)/b32-19+/t20-/m1/s1. The monoisotopic (exact) mass is 552 g/mol. The molecule has 1 fully saturated rings. The molecule has 11 heteroatoms. The number of nitrogens with zero attached hydrogens (tertiary/aromatic N) is 4. The normalized spacial score (nSPS) is 17.4. The first-order valence-electron chi connectivity index (χ1n) is 12.8. The number of pyridine rings is 2. The van der Waals surface area contributed by atoms with Crippen molar-refractivity contribution in [3.05, 3.63) is 78.5 Å². The van der Waals surface area contributed by atoms with Crippen LogP contribution in [0.3, 0.4) is 0 Å². The van der Waals surface area contributed by atoms with Crippen LogP contribution in [0.4, 0.5) is 21.9 Å². The number of carbonyl (C=O) groups excluding carboxylic acids is 3. The molecule has 2 N–H and O–H groups in total. The van der Waals surface area contributed by atoms with Crippen LogP contribution in [0.25, 0.3) is 10.2 Å². The van der Waals surface area contributed by atoms with Gasteiger partial charge in [0.25, 0.3) is 11.8 Å². The summed E-state index contributed by atoms with van der Waals surface area (Å²) < 4.78 is 5.77. The number of nitrogens with one attached hydrogen (secondary N) is 2. The lowest BCUT2D eigenvalue weighted by atomic mass is 9.93. The molecule has 4 aromatic rings. The van der Waals surface area contributed by atoms with Crippen molar-refractivity contribution < 1.29 is 19.1 Å². The Morgan fingerprint density at radius 3 is 2.77 bits per heavy atom. The molecule has 1 aliphatic heterocycles. The molecule has 200 valence electrons. The van der Waals surface area contributed by atoms with E-state index in [-0.39, 0.29) is 11.9 Å². The fourth-order valence-corrected chi connectivity index (χ4v) is 5.89. The number of aliphatic imine (C=N–C) groups is 1. The first kappa shape index (κ1) is 25.4. The minimum absolute atomic E-state index is 0.340. The predicted octanol–water partition coefficient (Wildman–Crippen LogP) is 5.99. The highest BCUT2D eigenvalue weighted by atomic mass is 32.1. The lowest BCUT2D eigenvalue weighted by Crippen LogP contribution is -2.43. The lowest BCUT2D eigenvalue weighted by Gasteiger charge is -2.28. The van der Waals surface area contributed by atoms with E-state index in [4.69, 9.17) is 4.74 Å². The van der Waals surface area contributed by atoms with Gasteiger partial charge in [-0.25, -0.2) is 19.8 Å². The van der Waals surface area contributed by atoms with Crippen LogP contribution in [0.5, 0.6) is 11.6 Å². The molecule has 0 saturated heterocycles. The molecule has 0 radical (unpaired) electrons. The number of aromatic nitrogens is 2. The van der Waals surface area contributed by atoms with Gasteiger partial charge in [-0.05, 0) is 49.6 Å². The van der Waals surface area contributed by atoms with Crippen molar-refractivity contribution in [1.29, 1.82) is 0 Å². The Bertz CT molecular complexity index is 1670. The van der Waals surface area contributed by atoms with Gasteiger partial charge in [-0.2, -0.15) is 0 Å². The highest BCUT2D eigenvalue weighted by molar-refractivity contribution is 7.21. The highest BCUT2D eigenvalue weighted by Gasteiger charge is 2.34. The zero-order valence-electron chi connectivity index (χ0n) is 21.3. The van der Waals surface area contributed by atoms with E-state index < -0.39 is 11.9 Å². The Hall–Kier alpha value is -4.90. The van der Waals surface area contributed by atoms with E-state index in [1.165, 1.54) is 16.2 Å². The summed E-state index contributed by atoms with van der Waals surface area (Å²) >= 11 is 1.20. The first-order chi connectivity index (χ1) is 19.5. The van der Waals surface area contributed by atoms with Gasteiger partial charge in [-0.1, -0.05) is 31.2 Å². The van der Waals surface area contributed by atoms with Crippen molar-refractivity contribution in [3.63, 3.8) is 0 Å². The van der Waals surface area contributed by atoms with Gasteiger partial charge in [0.05, 0.1) is 34.7 Å². The number of carbonyl (C=O) groups is 3. The predicted molar refractivity (Wildman–Crippen MR) is 154 cm³/mol. The Morgan fingerprint density at radius 2 is 2.00 bits per heavy atom. The second kappa shape index (κ2) is 10.7. The van der Waals surface area contributed by atoms with Gasteiger partial charge in [0.2, 0.25) is 5.88 Å². The number of hydrogen-bond acceptors (Lipinski definition) is 7. The number of hydrogen-bond donors (Lipinski definition) is 2. The van der Waals surface area contributed by atoms with Gasteiger partial charge in [0.1, 0.15) is 15.5 Å². The van der Waals surface area contributed by atoms with E-state index >= 15 is 0 Å². The first-order valence-corrected chi connectivity index (χ1v) is 13.6. The number of para-hydroxylation sites is 1. The molecule has 1 aliphatic carbocycles. The van der Waals surface area contributed by atoms with E-state index in [1.807, 2.05) is 30.3 Å². The van der Waals surface area contributed by atoms with Crippen LogP contribution >= 0.6 is 11.3 Å². The number of urea groups is 1. The van der Waals surface area contributed by atoms with Crippen molar-refractivity contribution in [1.82, 2.24) is 15.3 Å². The number of anilines is 3. The van der Waals surface area contributed by atoms with Crippen molar-refractivity contribution in [3.8, 4) is 11.6 Å². The summed E-state index contributed by atoms with van der Waals surface area (Å²) in [5.74, 6) is 0.265. The second-order valence-electron chi connectivity index (χ2n) is 9.27. The SMILES string of the molecule is C=CC(=O)/N=C1\CCCC[C@H]1NC(=O)c1sc2nccc3c2c1NC(=O)N3c1ccc(Oc2ccccc2)nc1. The van der Waals surface area contributed by atoms with Gasteiger partial charge >= 0.3 is 6.03 Å². The molecule has 2 aliphatic rings. The summed E-state index contributed by atoms with van der Waals surface area (Å²) in [6.07, 6.45) is 7.44. The van der Waals surface area contributed by atoms with Crippen molar-refractivity contribution in [2.45, 2.75) is 31.7 Å². The van der Waals surface area contributed by atoms with Crippen LogP contribution in [-0.2, 0) is 4.79 Å². The molecule has 3 aromatic heterocycles. The molecule has 4 heterocycles. The van der Waals surface area contributed by atoms with Crippen LogP contribution < -0.4 is 20.3 Å². The topological polar surface area (TPSA) is 126 Å². The molecule has 4 amide bonds. The van der Waals surface area contributed by atoms with E-state index in [9.17, 15) is 14.4 Å². The summed E-state index contributed by atoms with van der Waals surface area (Å²) in [6, 6.07) is 13.7. The van der Waals surface area contributed by atoms with Gasteiger partial charge in [0.15, 0.2) is 0 Å². The third-order valence-corrected chi connectivity index (χ3v) is 7.80. The third kappa shape index (κ3) is 4.82. The van der Waals surface area contributed by atoms with Gasteiger partial charge in [-0.3, -0.25) is 14.5 Å². The maximum Gasteiger partial charge on any atom is 0.331 e. The second-order valence-corrected chi connectivity index (χ2v) is 10.3. The minimum atomic E-state index is -0.428. The number of benzene rings is 1. The van der Waals surface area contributed by atoms with Crippen LogP contribution in [0.15, 0.2) is 78.6 Å². The summed E-state index contributed by atoms with van der Waals surface area (Å²) in [6.45, 7) is 3.47. The zero-order chi connectivity index (χ0) is 27.6. The smallest absolute Gasteiger partial charge is 0.331 e. The maximum absolute atomic E-state index is 13.5. The molecule has 0 bridgehead atoms. The minimum Gasteiger partial charge on any atom is -0.439 e. The summed E-state index contributed by atoms with van der Waals surface area (Å²) in [4.78, 5) is 54.1. The van der Waals surface area contributed by atoms with Gasteiger partial charge < -0.3 is 15.4 Å². The zero-order valence-corrected chi connectivity index (χ0v) is 22.1. The number of ether oxygens (including phenoxy) is 1. The van der Waals surface area contributed by atoms with Gasteiger partial charge in [-0.15, -0.1) is 11.3 Å². The number of rotatable bonds is 6. The van der Waals surface area contributed by atoms with Crippen molar-refractivity contribution in [2.24, 2.45) is 4.99 Å². The third-order valence-electron chi connectivity index (χ3n) is 6.71. The molecule has 40 heavy (non-hydrogen) atoms. The fraction of sp³-hybridized carbons (Fsp3) is 0.172. The molecule has 0 spiro atoms. The van der Waals surface area contributed by atoms with E-state index in [0.717, 1.165) is 18.9 Å². The van der Waals surface area contributed by atoms with E-state index in [1.54, 1.807) is 30.6 Å². The largest absolute Gasteiger partial charge is 0.439 e. The molecule has 0 unspecified atom stereocenters. The van der Waals surface area contributed by atoms with Crippen molar-refractivity contribution in [2.75, 3.05) is 10.2 Å². The quantitative estimate of drug-likeness (QED) is 0.283. The molecule has 1 aromatic carbocycles. The van der Waals surface area contributed by atoms with Crippen LogP contribution in [0.1, 0.15) is 35.4 Å². The summed E-state index contributed by atoms with van der Waals surface area (Å²) in [7, 11) is 0. The maximum atomic E-state index is 13.5. The Kier molecular flexibility index (Phi) is 6.79. The van der Waals surface area contributed by atoms with Crippen LogP contribution in [0, 0.1) is 0 Å². The molecular formula is C29H24N6O4S. The van der Waals surface area contributed by atoms with Crippen LogP contribution in [-0.4, -0.2) is 39.6 Å². The van der Waals surface area contributed by atoms with Crippen molar-refractivity contribution >= 4 is 62.2 Å². The highest BCUT2D eigenvalue weighted by Crippen LogP contribution is 2.45. The average Bonchev–Trinajstić information content (AvgIpc) is 3.35. The Labute approximate surface area is 233 Å². The average molecular weight is 553 g/mol. The van der Waals surface area contributed by atoms with E-state index in [0.29, 0.717) is 62.3 Å². The van der Waals surface area contributed by atoms with Crippen LogP contribution in [0.2, 0.25) is 0 Å². The lowest BCUT2D eigenvalue weighted by molar-refractivity contribution is -0.113. The number of thiophene rings is 1. The molecule has 10 nitrogen and oxygen atoms in total.